The van der Waals surface area contributed by atoms with Gasteiger partial charge < -0.3 is 5.32 Å². The molecule has 2 aliphatic carbocycles. The molecule has 8 heteroatoms. The Balaban J connectivity index is 1.64. The van der Waals surface area contributed by atoms with Crippen LogP contribution >= 0.6 is 15.9 Å². The molecule has 2 N–H and O–H groups in total. The highest BCUT2D eigenvalue weighted by Gasteiger charge is 2.41. The number of halogens is 4. The van der Waals surface area contributed by atoms with Crippen LogP contribution in [-0.4, -0.2) is 21.7 Å². The summed E-state index contributed by atoms with van der Waals surface area (Å²) in [5, 5.41) is 3.24. The quantitative estimate of drug-likeness (QED) is 0.665. The second-order valence-corrected chi connectivity index (χ2v) is 9.87. The van der Waals surface area contributed by atoms with Gasteiger partial charge in [0.2, 0.25) is 0 Å². The monoisotopic (exact) mass is 424 g/mol. The summed E-state index contributed by atoms with van der Waals surface area (Å²) >= 11 is 3.43. The maximum Gasteiger partial charge on any atom is 0.391 e. The van der Waals surface area contributed by atoms with Crippen LogP contribution in [0.1, 0.15) is 38.5 Å². The van der Waals surface area contributed by atoms with Gasteiger partial charge in [0, 0.05) is 26.3 Å². The van der Waals surface area contributed by atoms with Gasteiger partial charge in [-0.2, -0.15) is 13.2 Å². The Bertz CT molecular complexity index is 709. The van der Waals surface area contributed by atoms with Gasteiger partial charge in [0.1, 0.15) is 0 Å². The first-order valence-corrected chi connectivity index (χ1v) is 10.5. The molecule has 134 valence electrons. The average Bonchev–Trinajstić information content (AvgIpc) is 3.34. The van der Waals surface area contributed by atoms with Crippen LogP contribution in [0.15, 0.2) is 27.6 Å². The summed E-state index contributed by atoms with van der Waals surface area (Å²) in [4.78, 5) is 0.517. The van der Waals surface area contributed by atoms with Crippen LogP contribution in [0.25, 0.3) is 0 Å². The van der Waals surface area contributed by atoms with Gasteiger partial charge in [0.15, 0.2) is 0 Å². The molecule has 0 aliphatic heterocycles. The third-order valence-electron chi connectivity index (χ3n) is 4.83. The second kappa shape index (κ2) is 6.52. The van der Waals surface area contributed by atoms with Crippen LogP contribution in [0.4, 0.5) is 18.9 Å². The Kier molecular flexibility index (Phi) is 4.90. The van der Waals surface area contributed by atoms with E-state index in [1.165, 1.54) is 0 Å². The third kappa shape index (κ3) is 3.90. The fourth-order valence-corrected chi connectivity index (χ4v) is 5.57. The maximum absolute atomic E-state index is 12.7. The molecule has 0 radical (unpaired) electrons. The minimum atomic E-state index is -4.09. The van der Waals surface area contributed by atoms with E-state index in [2.05, 4.69) is 21.2 Å². The molecule has 0 amide bonds. The zero-order valence-electron chi connectivity index (χ0n) is 13.0. The summed E-state index contributed by atoms with van der Waals surface area (Å²) < 4.78 is 59.4. The molecule has 1 atom stereocenters. The van der Waals surface area contributed by atoms with Crippen LogP contribution in [0, 0.1) is 10.7 Å². The zero-order chi connectivity index (χ0) is 17.5. The molecule has 3 rings (SSSR count). The lowest BCUT2D eigenvalue weighted by Gasteiger charge is -2.31. The summed E-state index contributed by atoms with van der Waals surface area (Å²) in [6.07, 6.45) is -1.15. The number of benzene rings is 1. The van der Waals surface area contributed by atoms with Crippen LogP contribution in [0.5, 0.6) is 0 Å². The minimum Gasteiger partial charge on any atom is -0.381 e. The van der Waals surface area contributed by atoms with Crippen molar-refractivity contribution in [3.05, 3.63) is 22.7 Å². The van der Waals surface area contributed by atoms with Gasteiger partial charge in [-0.25, -0.2) is 8.99 Å². The van der Waals surface area contributed by atoms with Crippen molar-refractivity contribution in [1.82, 2.24) is 0 Å². The summed E-state index contributed by atoms with van der Waals surface area (Å²) in [7, 11) is -2.74. The van der Waals surface area contributed by atoms with Gasteiger partial charge in [-0.15, -0.1) is 0 Å². The van der Waals surface area contributed by atoms with E-state index in [-0.39, 0.29) is 24.1 Å². The number of nitrogens with one attached hydrogen (secondary N) is 2. The Labute approximate surface area is 148 Å². The minimum absolute atomic E-state index is 0.00883. The lowest BCUT2D eigenvalue weighted by molar-refractivity contribution is -0.182. The molecule has 0 aromatic heterocycles. The molecule has 24 heavy (non-hydrogen) atoms. The number of alkyl halides is 3. The van der Waals surface area contributed by atoms with Crippen molar-refractivity contribution in [3.8, 4) is 0 Å². The molecular weight excluding hydrogens is 405 g/mol. The second-order valence-electron chi connectivity index (χ2n) is 6.68. The molecule has 3 nitrogen and oxygen atoms in total. The van der Waals surface area contributed by atoms with Crippen molar-refractivity contribution in [2.24, 2.45) is 5.92 Å². The standard InChI is InChI=1S/C16H20BrF3N2OS/c17-14-9-13(24(21,23)12-5-6-12)7-8-15(14)22-11-3-1-10(2-4-11)16(18,19)20/h7-12,21-22H,1-6H2/t10-,11-,24?. The fraction of sp³-hybridized carbons (Fsp3) is 0.625. The smallest absolute Gasteiger partial charge is 0.381 e. The largest absolute Gasteiger partial charge is 0.391 e. The van der Waals surface area contributed by atoms with Gasteiger partial charge in [-0.1, -0.05) is 0 Å². The van der Waals surface area contributed by atoms with E-state index in [0.29, 0.717) is 22.2 Å². The van der Waals surface area contributed by atoms with Crippen molar-refractivity contribution in [3.63, 3.8) is 0 Å². The molecule has 1 aromatic carbocycles. The highest BCUT2D eigenvalue weighted by atomic mass is 79.9. The number of anilines is 1. The fourth-order valence-electron chi connectivity index (χ4n) is 3.18. The number of hydrogen-bond donors (Lipinski definition) is 2. The average molecular weight is 425 g/mol. The van der Waals surface area contributed by atoms with Gasteiger partial charge >= 0.3 is 6.18 Å². The first-order chi connectivity index (χ1) is 11.2. The van der Waals surface area contributed by atoms with Gasteiger partial charge in [0.25, 0.3) is 0 Å². The molecule has 2 aliphatic rings. The molecular formula is C16H20BrF3N2OS. The molecule has 1 aromatic rings. The highest BCUT2D eigenvalue weighted by molar-refractivity contribution is 9.10. The maximum atomic E-state index is 12.7. The van der Waals surface area contributed by atoms with Crippen molar-refractivity contribution >= 4 is 31.3 Å². The summed E-state index contributed by atoms with van der Waals surface area (Å²) in [5.74, 6) is -1.19. The van der Waals surface area contributed by atoms with E-state index >= 15 is 0 Å². The van der Waals surface area contributed by atoms with Crippen molar-refractivity contribution in [1.29, 1.82) is 4.78 Å². The highest BCUT2D eigenvalue weighted by Crippen LogP contribution is 2.39. The molecule has 2 saturated carbocycles. The summed E-state index contributed by atoms with van der Waals surface area (Å²) in [6, 6.07) is 5.18. The zero-order valence-corrected chi connectivity index (χ0v) is 15.4. The van der Waals surface area contributed by atoms with E-state index in [0.717, 1.165) is 18.5 Å². The van der Waals surface area contributed by atoms with Crippen molar-refractivity contribution in [2.75, 3.05) is 5.32 Å². The van der Waals surface area contributed by atoms with Crippen molar-refractivity contribution in [2.45, 2.75) is 60.9 Å². The third-order valence-corrected chi connectivity index (χ3v) is 7.85. The van der Waals surface area contributed by atoms with E-state index in [9.17, 15) is 17.4 Å². The Morgan fingerprint density at radius 3 is 2.25 bits per heavy atom. The Hall–Kier alpha value is -0.760. The molecule has 2 fully saturated rings. The van der Waals surface area contributed by atoms with Crippen LogP contribution < -0.4 is 5.32 Å². The van der Waals surface area contributed by atoms with E-state index in [1.54, 1.807) is 18.2 Å². The van der Waals surface area contributed by atoms with E-state index < -0.39 is 21.8 Å². The summed E-state index contributed by atoms with van der Waals surface area (Å²) in [6.45, 7) is 0. The van der Waals surface area contributed by atoms with Crippen LogP contribution in [-0.2, 0) is 9.73 Å². The molecule has 0 spiro atoms. The first-order valence-electron chi connectivity index (χ1n) is 8.08. The SMILES string of the molecule is N=S(=O)(c1ccc(N[C@H]2CC[C@H](C(F)(F)F)CC2)c(Br)c1)C1CC1. The van der Waals surface area contributed by atoms with Crippen LogP contribution in [0.2, 0.25) is 0 Å². The lowest BCUT2D eigenvalue weighted by atomic mass is 9.85. The topological polar surface area (TPSA) is 53.0 Å². The Morgan fingerprint density at radius 2 is 1.75 bits per heavy atom. The van der Waals surface area contributed by atoms with E-state index in [1.807, 2.05) is 0 Å². The van der Waals surface area contributed by atoms with E-state index in [4.69, 9.17) is 4.78 Å². The molecule has 0 heterocycles. The predicted octanol–water partition coefficient (Wildman–Crippen LogP) is 5.55. The molecule has 1 unspecified atom stereocenters. The van der Waals surface area contributed by atoms with Crippen molar-refractivity contribution < 1.29 is 17.4 Å². The van der Waals surface area contributed by atoms with Crippen LogP contribution in [0.3, 0.4) is 0 Å². The van der Waals surface area contributed by atoms with Gasteiger partial charge in [0.05, 0.1) is 15.6 Å². The predicted molar refractivity (Wildman–Crippen MR) is 91.7 cm³/mol. The first kappa shape index (κ1) is 18.0. The lowest BCUT2D eigenvalue weighted by Crippen LogP contribution is -2.32. The number of hydrogen-bond acceptors (Lipinski definition) is 3. The molecule has 0 saturated heterocycles. The number of rotatable bonds is 4. The summed E-state index contributed by atoms with van der Waals surface area (Å²) in [5.41, 5.74) is 0.778. The van der Waals surface area contributed by atoms with Gasteiger partial charge in [-0.3, -0.25) is 0 Å². The Morgan fingerprint density at radius 1 is 1.12 bits per heavy atom. The normalized spacial score (nSPS) is 27.5. The van der Waals surface area contributed by atoms with Gasteiger partial charge in [-0.05, 0) is 72.7 Å². The molecule has 0 bridgehead atoms.